The van der Waals surface area contributed by atoms with Crippen molar-refractivity contribution in [3.8, 4) is 11.1 Å². The monoisotopic (exact) mass is 694 g/mol. The average molecular weight is 696 g/mol. The van der Waals surface area contributed by atoms with Crippen molar-refractivity contribution in [2.45, 2.75) is 70.9 Å². The number of Topliss-reactive ketones (excluding diaryl/α,β-unsaturated/α-hetero) is 1. The highest BCUT2D eigenvalue weighted by molar-refractivity contribution is 6.40. The molecule has 254 valence electrons. The van der Waals surface area contributed by atoms with Crippen LogP contribution in [0.25, 0.3) is 11.1 Å². The van der Waals surface area contributed by atoms with Crippen LogP contribution < -0.4 is 16.0 Å². The van der Waals surface area contributed by atoms with E-state index in [9.17, 15) is 24.3 Å². The molecule has 0 radical (unpaired) electrons. The molecule has 1 aliphatic heterocycles. The number of ketones is 1. The number of aliphatic imine (C=N–C) groups is 1. The number of aliphatic carboxylic acids is 1. The molecule has 4 N–H and O–H groups in total. The quantitative estimate of drug-likeness (QED) is 0.137. The third kappa shape index (κ3) is 10.3. The van der Waals surface area contributed by atoms with Gasteiger partial charge in [-0.05, 0) is 80.5 Å². The Labute approximate surface area is 290 Å². The number of carbonyl (C=O) groups is 4. The number of nitrogens with zero attached hydrogens (tertiary/aromatic N) is 2. The number of fused-ring (bicyclic) bond motifs is 1. The molecule has 1 aliphatic rings. The molecule has 4 rings (SSSR count). The van der Waals surface area contributed by atoms with Gasteiger partial charge in [0, 0.05) is 38.0 Å². The van der Waals surface area contributed by atoms with Gasteiger partial charge < -0.3 is 25.8 Å². The maximum atomic E-state index is 13.1. The van der Waals surface area contributed by atoms with E-state index in [4.69, 9.17) is 33.7 Å². The molecule has 0 saturated heterocycles. The number of halogens is 2. The summed E-state index contributed by atoms with van der Waals surface area (Å²) in [6.45, 7) is 6.45. The topological polar surface area (TPSA) is 151 Å². The Hall–Kier alpha value is -4.41. The highest BCUT2D eigenvalue weighted by atomic mass is 35.5. The lowest BCUT2D eigenvalue weighted by Gasteiger charge is -2.31. The van der Waals surface area contributed by atoms with Crippen LogP contribution in [0.15, 0.2) is 65.7 Å². The number of anilines is 1. The van der Waals surface area contributed by atoms with Crippen molar-refractivity contribution in [2.24, 2.45) is 10.7 Å². The number of rotatable bonds is 12. The van der Waals surface area contributed by atoms with Gasteiger partial charge in [0.25, 0.3) is 5.91 Å². The first kappa shape index (κ1) is 36.4. The highest BCUT2D eigenvalue weighted by Gasteiger charge is 2.26. The Morgan fingerprint density at radius 3 is 2.33 bits per heavy atom. The van der Waals surface area contributed by atoms with Crippen LogP contribution in [0.2, 0.25) is 10.0 Å². The predicted molar refractivity (Wildman–Crippen MR) is 188 cm³/mol. The van der Waals surface area contributed by atoms with Crippen LogP contribution in [0.1, 0.15) is 67.9 Å². The number of aryl methyl sites for hydroxylation is 1. The lowest BCUT2D eigenvalue weighted by atomic mass is 9.97. The summed E-state index contributed by atoms with van der Waals surface area (Å²) < 4.78 is 5.21. The third-order valence-electron chi connectivity index (χ3n) is 7.73. The van der Waals surface area contributed by atoms with Crippen molar-refractivity contribution >= 4 is 58.5 Å². The van der Waals surface area contributed by atoms with E-state index in [1.165, 1.54) is 0 Å². The standard InChI is InChI=1S/C36H40Cl2N4O6/c1-36(2,3)48-35(47)41-31(39)19-22-11-12-24-10-7-16-42(30(24)18-22)17-15-26(43)13-14-29(34(45)46)40-33(44)32-27(37)20-25(21-28(32)38)23-8-5-4-6-9-23/h4-6,8-9,11-12,18,20-21,29H,7,10,13-17,19H2,1-3H3,(H,40,44)(H,45,46)(H2,39,41,47)/t29-/m0/s1. The number of hydrogen-bond acceptors (Lipinski definition) is 6. The Morgan fingerprint density at radius 1 is 1.00 bits per heavy atom. The van der Waals surface area contributed by atoms with Gasteiger partial charge in [0.2, 0.25) is 0 Å². The summed E-state index contributed by atoms with van der Waals surface area (Å²) in [7, 11) is 0. The van der Waals surface area contributed by atoms with E-state index in [0.717, 1.165) is 41.8 Å². The van der Waals surface area contributed by atoms with Crippen LogP contribution in [-0.4, -0.2) is 59.4 Å². The molecule has 2 amide bonds. The molecule has 0 bridgehead atoms. The minimum atomic E-state index is -1.31. The number of nitrogens with two attached hydrogens (primary N) is 1. The summed E-state index contributed by atoms with van der Waals surface area (Å²) in [5.74, 6) is -2.00. The summed E-state index contributed by atoms with van der Waals surface area (Å²) in [5.41, 5.74) is 9.89. The van der Waals surface area contributed by atoms with Gasteiger partial charge in [-0.2, -0.15) is 4.99 Å². The van der Waals surface area contributed by atoms with E-state index in [0.29, 0.717) is 12.1 Å². The molecule has 0 saturated carbocycles. The second-order valence-electron chi connectivity index (χ2n) is 12.7. The van der Waals surface area contributed by atoms with Crippen molar-refractivity contribution in [3.05, 3.63) is 87.4 Å². The number of benzene rings is 3. The summed E-state index contributed by atoms with van der Waals surface area (Å²) in [5, 5.41) is 12.4. The van der Waals surface area contributed by atoms with E-state index >= 15 is 0 Å². The number of hydrogen-bond donors (Lipinski definition) is 3. The molecule has 1 atom stereocenters. The molecule has 10 nitrogen and oxygen atoms in total. The van der Waals surface area contributed by atoms with Crippen molar-refractivity contribution in [3.63, 3.8) is 0 Å². The van der Waals surface area contributed by atoms with Gasteiger partial charge in [-0.15, -0.1) is 0 Å². The molecular weight excluding hydrogens is 655 g/mol. The van der Waals surface area contributed by atoms with Gasteiger partial charge in [-0.3, -0.25) is 9.59 Å². The molecular formula is C36H40Cl2N4O6. The number of carboxylic acid groups (broad SMARTS) is 1. The normalized spacial score (nSPS) is 13.8. The predicted octanol–water partition coefficient (Wildman–Crippen LogP) is 6.87. The van der Waals surface area contributed by atoms with Crippen molar-refractivity contribution < 1.29 is 29.0 Å². The van der Waals surface area contributed by atoms with Crippen molar-refractivity contribution in [1.29, 1.82) is 0 Å². The molecule has 12 heteroatoms. The van der Waals surface area contributed by atoms with Gasteiger partial charge >= 0.3 is 12.1 Å². The van der Waals surface area contributed by atoms with Gasteiger partial charge in [-0.25, -0.2) is 9.59 Å². The lowest BCUT2D eigenvalue weighted by molar-refractivity contribution is -0.139. The fourth-order valence-electron chi connectivity index (χ4n) is 5.45. The zero-order valence-electron chi connectivity index (χ0n) is 27.2. The van der Waals surface area contributed by atoms with E-state index in [2.05, 4.69) is 15.2 Å². The van der Waals surface area contributed by atoms with Crippen molar-refractivity contribution in [2.75, 3.05) is 18.0 Å². The van der Waals surface area contributed by atoms with Crippen LogP contribution in [0, 0.1) is 0 Å². The minimum absolute atomic E-state index is 0.0309. The number of amides is 2. The van der Waals surface area contributed by atoms with Crippen molar-refractivity contribution in [1.82, 2.24) is 5.32 Å². The van der Waals surface area contributed by atoms with E-state index in [-0.39, 0.29) is 52.9 Å². The molecule has 0 spiro atoms. The second kappa shape index (κ2) is 16.1. The zero-order chi connectivity index (χ0) is 35.0. The molecule has 0 aliphatic carbocycles. The number of nitrogens with one attached hydrogen (secondary N) is 1. The van der Waals surface area contributed by atoms with E-state index in [1.807, 2.05) is 48.5 Å². The molecule has 0 unspecified atom stereocenters. The number of carbonyl (C=O) groups excluding carboxylic acids is 3. The Bertz CT molecular complexity index is 1680. The first-order chi connectivity index (χ1) is 22.7. The number of ether oxygens (including phenoxy) is 1. The van der Waals surface area contributed by atoms with Crippen LogP contribution in [0.5, 0.6) is 0 Å². The molecule has 0 fully saturated rings. The van der Waals surface area contributed by atoms with E-state index in [1.54, 1.807) is 32.9 Å². The van der Waals surface area contributed by atoms with Gasteiger partial charge in [0.05, 0.1) is 15.6 Å². The van der Waals surface area contributed by atoms with Crippen LogP contribution in [-0.2, 0) is 27.2 Å². The number of amidine groups is 1. The Morgan fingerprint density at radius 2 is 1.69 bits per heavy atom. The minimum Gasteiger partial charge on any atom is -0.480 e. The maximum absolute atomic E-state index is 13.1. The van der Waals surface area contributed by atoms with Crippen LogP contribution in [0.3, 0.4) is 0 Å². The molecule has 0 aromatic heterocycles. The lowest BCUT2D eigenvalue weighted by Crippen LogP contribution is -2.41. The fraction of sp³-hybridized carbons (Fsp3) is 0.361. The summed E-state index contributed by atoms with van der Waals surface area (Å²) in [6.07, 6.45) is 1.41. The van der Waals surface area contributed by atoms with Gasteiger partial charge in [0.1, 0.15) is 23.3 Å². The smallest absolute Gasteiger partial charge is 0.435 e. The molecule has 3 aromatic carbocycles. The van der Waals surface area contributed by atoms with Crippen LogP contribution >= 0.6 is 23.2 Å². The molecule has 1 heterocycles. The fourth-order valence-corrected chi connectivity index (χ4v) is 6.11. The largest absolute Gasteiger partial charge is 0.480 e. The summed E-state index contributed by atoms with van der Waals surface area (Å²) in [4.78, 5) is 56.0. The molecule has 3 aromatic rings. The van der Waals surface area contributed by atoms with Gasteiger partial charge in [0.15, 0.2) is 0 Å². The second-order valence-corrected chi connectivity index (χ2v) is 13.5. The summed E-state index contributed by atoms with van der Waals surface area (Å²) in [6, 6.07) is 17.2. The first-order valence-electron chi connectivity index (χ1n) is 15.7. The Kier molecular flexibility index (Phi) is 12.2. The number of carboxylic acids is 1. The van der Waals surface area contributed by atoms with E-state index < -0.39 is 29.6 Å². The Balaban J connectivity index is 1.33. The zero-order valence-corrected chi connectivity index (χ0v) is 28.7. The SMILES string of the molecule is CC(C)(C)OC(=O)N=C(N)Cc1ccc2c(c1)N(CCC(=O)CC[C@H](NC(=O)c1c(Cl)cc(-c3ccccc3)cc1Cl)C(=O)O)CCC2. The maximum Gasteiger partial charge on any atom is 0.435 e. The molecule has 48 heavy (non-hydrogen) atoms. The first-order valence-corrected chi connectivity index (χ1v) is 16.5. The third-order valence-corrected chi connectivity index (χ3v) is 8.33. The van der Waals surface area contributed by atoms with Gasteiger partial charge in [-0.1, -0.05) is 65.7 Å². The average Bonchev–Trinajstić information content (AvgIpc) is 3.00. The summed E-state index contributed by atoms with van der Waals surface area (Å²) >= 11 is 12.8. The van der Waals surface area contributed by atoms with Crippen LogP contribution in [0.4, 0.5) is 10.5 Å². The highest BCUT2D eigenvalue weighted by Crippen LogP contribution is 2.32.